The first-order valence-corrected chi connectivity index (χ1v) is 6.83. The molecule has 0 aliphatic carbocycles. The number of ether oxygens (including phenoxy) is 1. The number of benzene rings is 2. The number of hydrogen-bond acceptors (Lipinski definition) is 4. The molecule has 0 amide bonds. The second kappa shape index (κ2) is 5.09. The molecule has 3 aromatic rings. The summed E-state index contributed by atoms with van der Waals surface area (Å²) in [6.45, 7) is 0. The van der Waals surface area contributed by atoms with Crippen molar-refractivity contribution < 1.29 is 4.74 Å². The number of nitrogens with zero attached hydrogens (tertiary/aromatic N) is 2. The second-order valence-corrected chi connectivity index (χ2v) is 5.22. The zero-order valence-corrected chi connectivity index (χ0v) is 12.4. The highest BCUT2D eigenvalue weighted by Crippen LogP contribution is 2.37. The minimum atomic E-state index is 0.467. The molecule has 0 spiro atoms. The highest BCUT2D eigenvalue weighted by molar-refractivity contribution is 9.10. The lowest BCUT2D eigenvalue weighted by Gasteiger charge is -2.12. The zero-order valence-electron chi connectivity index (χ0n) is 10.8. The van der Waals surface area contributed by atoms with Gasteiger partial charge >= 0.3 is 0 Å². The van der Waals surface area contributed by atoms with Gasteiger partial charge < -0.3 is 10.5 Å². The number of halogens is 1. The summed E-state index contributed by atoms with van der Waals surface area (Å²) >= 11 is 3.49. The SMILES string of the molecule is COc1ccc2c(N)ncnc2c1-c1cccc(Br)c1. The van der Waals surface area contributed by atoms with Gasteiger partial charge in [0.25, 0.3) is 0 Å². The maximum atomic E-state index is 5.92. The van der Waals surface area contributed by atoms with Crippen molar-refractivity contribution in [3.8, 4) is 16.9 Å². The maximum Gasteiger partial charge on any atom is 0.134 e. The molecular weight excluding hydrogens is 318 g/mol. The lowest BCUT2D eigenvalue weighted by atomic mass is 10.0. The molecule has 0 aliphatic rings. The van der Waals surface area contributed by atoms with Gasteiger partial charge in [0.2, 0.25) is 0 Å². The van der Waals surface area contributed by atoms with Crippen molar-refractivity contribution in [2.24, 2.45) is 0 Å². The van der Waals surface area contributed by atoms with Crippen LogP contribution in [0, 0.1) is 0 Å². The van der Waals surface area contributed by atoms with Crippen molar-refractivity contribution in [1.82, 2.24) is 9.97 Å². The Labute approximate surface area is 124 Å². The number of anilines is 1. The number of aromatic nitrogens is 2. The molecule has 0 aliphatic heterocycles. The Kier molecular flexibility index (Phi) is 3.28. The Morgan fingerprint density at radius 2 is 2.00 bits per heavy atom. The first-order valence-electron chi connectivity index (χ1n) is 6.04. The van der Waals surface area contributed by atoms with Crippen molar-refractivity contribution in [3.63, 3.8) is 0 Å². The summed E-state index contributed by atoms with van der Waals surface area (Å²) < 4.78 is 6.47. The van der Waals surface area contributed by atoms with E-state index < -0.39 is 0 Å². The minimum Gasteiger partial charge on any atom is -0.496 e. The fourth-order valence-electron chi connectivity index (χ4n) is 2.22. The predicted molar refractivity (Wildman–Crippen MR) is 83.6 cm³/mol. The molecule has 0 unspecified atom stereocenters. The van der Waals surface area contributed by atoms with Crippen molar-refractivity contribution in [2.45, 2.75) is 0 Å². The Morgan fingerprint density at radius 1 is 1.15 bits per heavy atom. The molecule has 5 heteroatoms. The van der Waals surface area contributed by atoms with Crippen LogP contribution in [0.2, 0.25) is 0 Å². The van der Waals surface area contributed by atoms with Crippen LogP contribution in [0.15, 0.2) is 47.2 Å². The normalized spacial score (nSPS) is 10.7. The van der Waals surface area contributed by atoms with Gasteiger partial charge in [0.1, 0.15) is 17.9 Å². The van der Waals surface area contributed by atoms with Crippen LogP contribution in [-0.2, 0) is 0 Å². The summed E-state index contributed by atoms with van der Waals surface area (Å²) in [5.74, 6) is 1.22. The third-order valence-electron chi connectivity index (χ3n) is 3.13. The van der Waals surface area contributed by atoms with Gasteiger partial charge in [-0.15, -0.1) is 0 Å². The van der Waals surface area contributed by atoms with Crippen LogP contribution in [0.4, 0.5) is 5.82 Å². The summed E-state index contributed by atoms with van der Waals surface area (Å²) in [4.78, 5) is 8.40. The Morgan fingerprint density at radius 3 is 2.75 bits per heavy atom. The van der Waals surface area contributed by atoms with Gasteiger partial charge in [-0.2, -0.15) is 0 Å². The lowest BCUT2D eigenvalue weighted by molar-refractivity contribution is 0.417. The number of fused-ring (bicyclic) bond motifs is 1. The van der Waals surface area contributed by atoms with Crippen LogP contribution < -0.4 is 10.5 Å². The van der Waals surface area contributed by atoms with Gasteiger partial charge in [-0.3, -0.25) is 0 Å². The first kappa shape index (κ1) is 12.9. The van der Waals surface area contributed by atoms with Crippen LogP contribution in [0.3, 0.4) is 0 Å². The summed E-state index contributed by atoms with van der Waals surface area (Å²) in [6, 6.07) is 11.8. The summed E-state index contributed by atoms with van der Waals surface area (Å²) in [7, 11) is 1.65. The molecule has 0 saturated carbocycles. The van der Waals surface area contributed by atoms with Gasteiger partial charge in [-0.25, -0.2) is 9.97 Å². The van der Waals surface area contributed by atoms with E-state index in [9.17, 15) is 0 Å². The van der Waals surface area contributed by atoms with Crippen LogP contribution in [0.25, 0.3) is 22.0 Å². The van der Waals surface area contributed by atoms with Crippen molar-refractivity contribution in [3.05, 3.63) is 47.2 Å². The van der Waals surface area contributed by atoms with E-state index >= 15 is 0 Å². The summed E-state index contributed by atoms with van der Waals surface area (Å²) in [5.41, 5.74) is 8.64. The van der Waals surface area contributed by atoms with Crippen molar-refractivity contribution in [1.29, 1.82) is 0 Å². The Balaban J connectivity index is 2.40. The Hall–Kier alpha value is -2.14. The van der Waals surface area contributed by atoms with Crippen LogP contribution in [0.1, 0.15) is 0 Å². The number of rotatable bonds is 2. The van der Waals surface area contributed by atoms with E-state index in [0.29, 0.717) is 5.82 Å². The standard InChI is InChI=1S/C15H12BrN3O/c1-20-12-6-5-11-14(18-8-19-15(11)17)13(12)9-3-2-4-10(16)7-9/h2-8H,1H3,(H2,17,18,19). The van der Waals surface area contributed by atoms with Crippen LogP contribution in [0.5, 0.6) is 5.75 Å². The fraction of sp³-hybridized carbons (Fsp3) is 0.0667. The van der Waals surface area contributed by atoms with E-state index in [1.165, 1.54) is 6.33 Å². The Bertz CT molecular complexity index is 789. The highest BCUT2D eigenvalue weighted by atomic mass is 79.9. The van der Waals surface area contributed by atoms with E-state index in [-0.39, 0.29) is 0 Å². The molecule has 2 N–H and O–H groups in total. The molecule has 1 aromatic heterocycles. The maximum absolute atomic E-state index is 5.92. The second-order valence-electron chi connectivity index (χ2n) is 4.31. The highest BCUT2D eigenvalue weighted by Gasteiger charge is 2.13. The van der Waals surface area contributed by atoms with Gasteiger partial charge in [0.05, 0.1) is 18.2 Å². The minimum absolute atomic E-state index is 0.467. The first-order chi connectivity index (χ1) is 9.70. The number of methoxy groups -OCH3 is 1. The molecule has 100 valence electrons. The zero-order chi connectivity index (χ0) is 14.1. The van der Waals surface area contributed by atoms with Crippen LogP contribution >= 0.6 is 15.9 Å². The molecule has 0 atom stereocenters. The van der Waals surface area contributed by atoms with E-state index in [0.717, 1.165) is 32.3 Å². The third-order valence-corrected chi connectivity index (χ3v) is 3.63. The van der Waals surface area contributed by atoms with E-state index in [4.69, 9.17) is 10.5 Å². The van der Waals surface area contributed by atoms with E-state index in [1.807, 2.05) is 36.4 Å². The molecule has 0 saturated heterocycles. The van der Waals surface area contributed by atoms with Gasteiger partial charge in [-0.1, -0.05) is 28.1 Å². The molecule has 1 heterocycles. The monoisotopic (exact) mass is 329 g/mol. The van der Waals surface area contributed by atoms with Gasteiger partial charge in [-0.05, 0) is 29.8 Å². The molecule has 4 nitrogen and oxygen atoms in total. The number of hydrogen-bond donors (Lipinski definition) is 1. The molecule has 0 bridgehead atoms. The van der Waals surface area contributed by atoms with E-state index in [1.54, 1.807) is 7.11 Å². The summed E-state index contributed by atoms with van der Waals surface area (Å²) in [6.07, 6.45) is 1.47. The molecule has 0 fully saturated rings. The number of nitrogen functional groups attached to an aromatic ring is 1. The van der Waals surface area contributed by atoms with Crippen molar-refractivity contribution >= 4 is 32.7 Å². The number of nitrogens with two attached hydrogens (primary N) is 1. The van der Waals surface area contributed by atoms with Crippen LogP contribution in [-0.4, -0.2) is 17.1 Å². The molecule has 3 rings (SSSR count). The molecule has 20 heavy (non-hydrogen) atoms. The topological polar surface area (TPSA) is 61.0 Å². The third kappa shape index (κ3) is 2.10. The molecule has 0 radical (unpaired) electrons. The predicted octanol–water partition coefficient (Wildman–Crippen LogP) is 3.65. The molecule has 2 aromatic carbocycles. The molecular formula is C15H12BrN3O. The lowest BCUT2D eigenvalue weighted by Crippen LogP contribution is -1.96. The van der Waals surface area contributed by atoms with Crippen molar-refractivity contribution in [2.75, 3.05) is 12.8 Å². The summed E-state index contributed by atoms with van der Waals surface area (Å²) in [5, 5.41) is 0.822. The largest absolute Gasteiger partial charge is 0.496 e. The fourth-order valence-corrected chi connectivity index (χ4v) is 2.62. The van der Waals surface area contributed by atoms with Gasteiger partial charge in [0.15, 0.2) is 0 Å². The quantitative estimate of drug-likeness (QED) is 0.779. The average Bonchev–Trinajstić information content (AvgIpc) is 2.46. The average molecular weight is 330 g/mol. The van der Waals surface area contributed by atoms with E-state index in [2.05, 4.69) is 25.9 Å². The van der Waals surface area contributed by atoms with Gasteiger partial charge in [0, 0.05) is 9.86 Å². The smallest absolute Gasteiger partial charge is 0.134 e.